The molecule has 2 atom stereocenters. The van der Waals surface area contributed by atoms with Crippen LogP contribution in [0.2, 0.25) is 0 Å². The van der Waals surface area contributed by atoms with Gasteiger partial charge in [0.2, 0.25) is 5.88 Å². The highest BCUT2D eigenvalue weighted by Crippen LogP contribution is 2.38. The van der Waals surface area contributed by atoms with Gasteiger partial charge in [-0.15, -0.1) is 0 Å². The van der Waals surface area contributed by atoms with E-state index in [4.69, 9.17) is 14.8 Å². The Bertz CT molecular complexity index is 1540. The summed E-state index contributed by atoms with van der Waals surface area (Å²) in [6.45, 7) is 2.11. The minimum atomic E-state index is -0.608. The highest BCUT2D eigenvalue weighted by molar-refractivity contribution is 9.10. The van der Waals surface area contributed by atoms with Crippen LogP contribution >= 0.6 is 15.9 Å². The maximum Gasteiger partial charge on any atom is 0.329 e. The molecule has 9 heteroatoms. The zero-order valence-electron chi connectivity index (χ0n) is 19.5. The summed E-state index contributed by atoms with van der Waals surface area (Å²) in [5, 5.41) is 20.3. The molecule has 0 bridgehead atoms. The molecule has 0 aliphatic heterocycles. The number of benzene rings is 3. The van der Waals surface area contributed by atoms with Crippen LogP contribution < -0.4 is 10.4 Å². The average molecular weight is 549 g/mol. The van der Waals surface area contributed by atoms with Crippen molar-refractivity contribution in [3.63, 3.8) is 0 Å². The van der Waals surface area contributed by atoms with Crippen molar-refractivity contribution in [2.45, 2.75) is 18.9 Å². The van der Waals surface area contributed by atoms with Gasteiger partial charge in [-0.25, -0.2) is 9.78 Å². The summed E-state index contributed by atoms with van der Waals surface area (Å²) in [7, 11) is 0. The number of nitrogens with one attached hydrogen (secondary N) is 2. The first-order valence-electron chi connectivity index (χ1n) is 11.5. The molecule has 0 unspecified atom stereocenters. The van der Waals surface area contributed by atoms with E-state index in [0.717, 1.165) is 21.1 Å². The van der Waals surface area contributed by atoms with Crippen LogP contribution in [0.3, 0.4) is 0 Å². The van der Waals surface area contributed by atoms with E-state index in [0.29, 0.717) is 22.8 Å². The molecule has 4 N–H and O–H groups in total. The number of hydrogen-bond acceptors (Lipinski definition) is 5. The largest absolute Gasteiger partial charge is 0.493 e. The van der Waals surface area contributed by atoms with E-state index in [-0.39, 0.29) is 25.0 Å². The molecule has 0 saturated carbocycles. The molecule has 5 aromatic rings. The highest BCUT2D eigenvalue weighted by Gasteiger charge is 2.31. The second-order valence-electron chi connectivity index (χ2n) is 8.52. The number of halogens is 1. The Morgan fingerprint density at radius 1 is 1.06 bits per heavy atom. The van der Waals surface area contributed by atoms with E-state index in [2.05, 4.69) is 25.9 Å². The molecule has 8 nitrogen and oxygen atoms in total. The van der Waals surface area contributed by atoms with Crippen molar-refractivity contribution in [1.29, 1.82) is 0 Å². The summed E-state index contributed by atoms with van der Waals surface area (Å²) in [5.74, 6) is 0.767. The number of imidazole rings is 2. The minimum absolute atomic E-state index is 0.0849. The number of aliphatic hydroxyl groups is 1. The fraction of sp³-hybridized carbons (Fsp3) is 0.185. The SMILES string of the molecule is C[C@@H](c1ccccc1)[C@@H](c1nc2ccc(Br)cc2[nH]1)n1c(O)c(-c2ccc(OCCO)cc2)[nH]c1=O. The van der Waals surface area contributed by atoms with Gasteiger partial charge in [0.05, 0.1) is 17.6 Å². The normalized spacial score (nSPS) is 13.1. The highest BCUT2D eigenvalue weighted by atomic mass is 79.9. The quantitative estimate of drug-likeness (QED) is 0.219. The molecule has 2 aromatic heterocycles. The minimum Gasteiger partial charge on any atom is -0.493 e. The molecule has 0 fully saturated rings. The zero-order valence-corrected chi connectivity index (χ0v) is 21.1. The lowest BCUT2D eigenvalue weighted by Crippen LogP contribution is -2.27. The van der Waals surface area contributed by atoms with Gasteiger partial charge in [-0.2, -0.15) is 0 Å². The predicted octanol–water partition coefficient (Wildman–Crippen LogP) is 4.95. The Morgan fingerprint density at radius 2 is 1.81 bits per heavy atom. The Morgan fingerprint density at radius 3 is 2.53 bits per heavy atom. The first-order valence-corrected chi connectivity index (χ1v) is 12.3. The topological polar surface area (TPSA) is 116 Å². The predicted molar refractivity (Wildman–Crippen MR) is 142 cm³/mol. The number of fused-ring (bicyclic) bond motifs is 1. The van der Waals surface area contributed by atoms with Crippen LogP contribution in [-0.2, 0) is 0 Å². The number of ether oxygens (including phenoxy) is 1. The molecule has 0 radical (unpaired) electrons. The number of aliphatic hydroxyl groups excluding tert-OH is 1. The van der Waals surface area contributed by atoms with Crippen LogP contribution in [-0.4, -0.2) is 42.9 Å². The monoisotopic (exact) mass is 548 g/mol. The van der Waals surface area contributed by atoms with Crippen LogP contribution in [0.4, 0.5) is 0 Å². The molecule has 3 aromatic carbocycles. The lowest BCUT2D eigenvalue weighted by molar-refractivity contribution is 0.201. The van der Waals surface area contributed by atoms with Crippen LogP contribution in [0.5, 0.6) is 11.6 Å². The van der Waals surface area contributed by atoms with Crippen LogP contribution in [0.15, 0.2) is 82.1 Å². The Labute approximate surface area is 215 Å². The van der Waals surface area contributed by atoms with Gasteiger partial charge in [-0.3, -0.25) is 4.57 Å². The smallest absolute Gasteiger partial charge is 0.329 e. The number of hydrogen-bond donors (Lipinski definition) is 4. The van der Waals surface area contributed by atoms with Crippen molar-refractivity contribution < 1.29 is 14.9 Å². The van der Waals surface area contributed by atoms with E-state index in [9.17, 15) is 9.90 Å². The Kier molecular flexibility index (Phi) is 6.67. The van der Waals surface area contributed by atoms with E-state index >= 15 is 0 Å². The second-order valence-corrected chi connectivity index (χ2v) is 9.44. The standard InChI is InChI=1S/C27H25BrN4O4/c1-16(17-5-3-2-4-6-17)24(25-29-21-12-9-19(28)15-22(21)30-25)32-26(34)23(31-27(32)35)18-7-10-20(11-8-18)36-14-13-33/h2-12,15-16,24,33-34H,13-14H2,1H3,(H,29,30)(H,31,35)/t16-,24-/m0/s1. The van der Waals surface area contributed by atoms with E-state index in [1.54, 1.807) is 24.3 Å². The maximum absolute atomic E-state index is 13.3. The van der Waals surface area contributed by atoms with Crippen LogP contribution in [0, 0.1) is 0 Å². The third kappa shape index (κ3) is 4.55. The van der Waals surface area contributed by atoms with Gasteiger partial charge in [0.15, 0.2) is 0 Å². The summed E-state index contributed by atoms with van der Waals surface area (Å²) in [4.78, 5) is 24.3. The van der Waals surface area contributed by atoms with Gasteiger partial charge >= 0.3 is 5.69 Å². The van der Waals surface area contributed by atoms with Crippen molar-refractivity contribution in [2.75, 3.05) is 13.2 Å². The molecule has 0 saturated heterocycles. The maximum atomic E-state index is 13.3. The molecule has 0 spiro atoms. The van der Waals surface area contributed by atoms with Gasteiger partial charge in [0.1, 0.15) is 29.9 Å². The second kappa shape index (κ2) is 10.0. The van der Waals surface area contributed by atoms with E-state index < -0.39 is 11.7 Å². The van der Waals surface area contributed by atoms with Crippen LogP contribution in [0.25, 0.3) is 22.3 Å². The number of rotatable bonds is 8. The van der Waals surface area contributed by atoms with E-state index in [1.807, 2.05) is 55.5 Å². The van der Waals surface area contributed by atoms with Gasteiger partial charge in [0.25, 0.3) is 0 Å². The zero-order chi connectivity index (χ0) is 25.2. The third-order valence-corrected chi connectivity index (χ3v) is 6.72. The molecular formula is C27H25BrN4O4. The molecule has 0 amide bonds. The van der Waals surface area contributed by atoms with Crippen molar-refractivity contribution in [1.82, 2.24) is 19.5 Å². The number of aromatic hydroxyl groups is 1. The molecular weight excluding hydrogens is 524 g/mol. The fourth-order valence-electron chi connectivity index (χ4n) is 4.44. The average Bonchev–Trinajstić information content (AvgIpc) is 3.44. The molecule has 5 rings (SSSR count). The van der Waals surface area contributed by atoms with Crippen molar-refractivity contribution in [2.24, 2.45) is 0 Å². The number of nitrogens with zero attached hydrogens (tertiary/aromatic N) is 2. The fourth-order valence-corrected chi connectivity index (χ4v) is 4.80. The summed E-state index contributed by atoms with van der Waals surface area (Å²) in [6.07, 6.45) is 0. The molecule has 184 valence electrons. The summed E-state index contributed by atoms with van der Waals surface area (Å²) in [5.41, 5.74) is 3.07. The number of aromatic amines is 2. The third-order valence-electron chi connectivity index (χ3n) is 6.23. The van der Waals surface area contributed by atoms with Gasteiger partial charge in [-0.1, -0.05) is 53.2 Å². The molecule has 2 heterocycles. The van der Waals surface area contributed by atoms with Crippen molar-refractivity contribution in [3.05, 3.63) is 99.1 Å². The molecule has 0 aliphatic rings. The number of H-pyrrole nitrogens is 2. The summed E-state index contributed by atoms with van der Waals surface area (Å²) < 4.78 is 7.68. The van der Waals surface area contributed by atoms with Gasteiger partial charge < -0.3 is 24.9 Å². The molecule has 0 aliphatic carbocycles. The first kappa shape index (κ1) is 23.9. The number of aromatic nitrogens is 4. The van der Waals surface area contributed by atoms with E-state index in [1.165, 1.54) is 4.57 Å². The lowest BCUT2D eigenvalue weighted by Gasteiger charge is -2.24. The molecule has 36 heavy (non-hydrogen) atoms. The van der Waals surface area contributed by atoms with Crippen molar-refractivity contribution in [3.8, 4) is 22.9 Å². The van der Waals surface area contributed by atoms with Crippen LogP contribution in [0.1, 0.15) is 30.3 Å². The lowest BCUT2D eigenvalue weighted by atomic mass is 9.92. The van der Waals surface area contributed by atoms with Crippen molar-refractivity contribution >= 4 is 27.0 Å². The first-order chi connectivity index (χ1) is 17.5. The summed E-state index contributed by atoms with van der Waals surface area (Å²) >= 11 is 3.49. The van der Waals surface area contributed by atoms with Gasteiger partial charge in [0, 0.05) is 16.0 Å². The Hall–Kier alpha value is -3.82. The Balaban J connectivity index is 1.62. The summed E-state index contributed by atoms with van der Waals surface area (Å²) in [6, 6.07) is 21.9. The van der Waals surface area contributed by atoms with Gasteiger partial charge in [-0.05, 0) is 48.0 Å².